The smallest absolute Gasteiger partial charge is 0.326 e. The second kappa shape index (κ2) is 43.2. The number of aliphatic hydroxyl groups is 1. The van der Waals surface area contributed by atoms with Crippen LogP contribution in [0.4, 0.5) is 0 Å². The zero-order valence-electron chi connectivity index (χ0n) is 52.0. The summed E-state index contributed by atoms with van der Waals surface area (Å²) in [4.78, 5) is 180. The zero-order valence-corrected chi connectivity index (χ0v) is 52.8. The predicted octanol–water partition coefficient (Wildman–Crippen LogP) is -3.29. The Morgan fingerprint density at radius 3 is 1.25 bits per heavy atom. The molecule has 0 bridgehead atoms. The van der Waals surface area contributed by atoms with Gasteiger partial charge in [0.25, 0.3) is 0 Å². The first-order valence-electron chi connectivity index (χ1n) is 29.9. The lowest BCUT2D eigenvalue weighted by molar-refractivity contribution is -0.143. The van der Waals surface area contributed by atoms with Gasteiger partial charge in [0.15, 0.2) is 0 Å². The number of H-pyrrole nitrogens is 1. The maximum Gasteiger partial charge on any atom is 0.326 e. The molecule has 89 heavy (non-hydrogen) atoms. The van der Waals surface area contributed by atoms with E-state index in [1.807, 2.05) is 0 Å². The third-order valence-electron chi connectivity index (χ3n) is 13.6. The highest BCUT2D eigenvalue weighted by Gasteiger charge is 2.36. The summed E-state index contributed by atoms with van der Waals surface area (Å²) in [5, 5.41) is 63.5. The average molecular weight is 1280 g/mol. The maximum absolute atomic E-state index is 14.4. The number of carbonyl (C=O) groups is 13. The molecule has 0 aliphatic heterocycles. The largest absolute Gasteiger partial charge is 0.481 e. The van der Waals surface area contributed by atoms with Crippen molar-refractivity contribution in [1.82, 2.24) is 63.1 Å². The fourth-order valence-electron chi connectivity index (χ4n) is 8.83. The van der Waals surface area contributed by atoms with Crippen molar-refractivity contribution in [2.24, 2.45) is 35.0 Å². The summed E-state index contributed by atoms with van der Waals surface area (Å²) in [5.41, 5.74) is 17.6. The van der Waals surface area contributed by atoms with E-state index in [4.69, 9.17) is 17.2 Å². The number of carboxylic acids is 3. The van der Waals surface area contributed by atoms with Gasteiger partial charge in [0.2, 0.25) is 59.1 Å². The molecule has 504 valence electrons. The van der Waals surface area contributed by atoms with Crippen molar-refractivity contribution in [3.8, 4) is 0 Å². The van der Waals surface area contributed by atoms with Gasteiger partial charge in [0.05, 0.1) is 19.5 Å². The number of hydrogen-bond donors (Lipinski definition) is 18. The number of hydrogen-bond acceptors (Lipinski definition) is 19. The number of aliphatic hydroxyl groups excluding tert-OH is 1. The first-order valence-corrected chi connectivity index (χ1v) is 31.2. The van der Waals surface area contributed by atoms with E-state index in [2.05, 4.69) is 63.1 Å². The van der Waals surface area contributed by atoms with E-state index in [-0.39, 0.29) is 82.2 Å². The lowest BCUT2D eigenvalue weighted by Gasteiger charge is -2.28. The molecule has 0 fully saturated rings. The molecule has 32 nitrogen and oxygen atoms in total. The van der Waals surface area contributed by atoms with Gasteiger partial charge in [-0.3, -0.25) is 57.5 Å². The summed E-state index contributed by atoms with van der Waals surface area (Å²) in [7, 11) is 0. The van der Waals surface area contributed by atoms with Crippen molar-refractivity contribution < 1.29 is 82.8 Å². The molecule has 1 aromatic rings. The molecule has 10 amide bonds. The van der Waals surface area contributed by atoms with Crippen molar-refractivity contribution in [2.75, 3.05) is 38.2 Å². The van der Waals surface area contributed by atoms with Crippen LogP contribution in [0, 0.1) is 17.8 Å². The molecule has 0 aliphatic carbocycles. The number of carbonyl (C=O) groups excluding carboxylic acids is 10. The van der Waals surface area contributed by atoms with E-state index >= 15 is 0 Å². The Balaban J connectivity index is 3.53. The highest BCUT2D eigenvalue weighted by atomic mass is 32.2. The lowest BCUT2D eigenvalue weighted by atomic mass is 10.00. The minimum Gasteiger partial charge on any atom is -0.481 e. The molecule has 10 atom stereocenters. The summed E-state index contributed by atoms with van der Waals surface area (Å²) >= 11 is 1.39. The fourth-order valence-corrected chi connectivity index (χ4v) is 9.30. The molecule has 1 rings (SSSR count). The van der Waals surface area contributed by atoms with Crippen molar-refractivity contribution in [2.45, 2.75) is 198 Å². The Labute approximate surface area is 522 Å². The second-order valence-corrected chi connectivity index (χ2v) is 23.8. The van der Waals surface area contributed by atoms with Gasteiger partial charge in [-0.25, -0.2) is 9.78 Å². The summed E-state index contributed by atoms with van der Waals surface area (Å²) in [6.45, 7) is 9.57. The van der Waals surface area contributed by atoms with Gasteiger partial charge in [0, 0.05) is 31.2 Å². The molecule has 1 aromatic heterocycles. The summed E-state index contributed by atoms with van der Waals surface area (Å²) < 4.78 is 0. The molecule has 0 aliphatic rings. The minimum absolute atomic E-state index is 0.00799. The number of aromatic nitrogens is 2. The molecule has 0 saturated carbocycles. The minimum atomic E-state index is -1.74. The van der Waals surface area contributed by atoms with Crippen LogP contribution >= 0.6 is 11.8 Å². The number of amides is 10. The Hall–Kier alpha value is -7.49. The number of carboxylic acid groups (broad SMARTS) is 3. The van der Waals surface area contributed by atoms with Crippen LogP contribution < -0.4 is 70.4 Å². The molecule has 0 aromatic carbocycles. The van der Waals surface area contributed by atoms with E-state index < -0.39 is 176 Å². The molecule has 0 saturated heterocycles. The van der Waals surface area contributed by atoms with Crippen LogP contribution in [0.5, 0.6) is 0 Å². The summed E-state index contributed by atoms with van der Waals surface area (Å²) in [6, 6.07) is -14.2. The lowest BCUT2D eigenvalue weighted by Crippen LogP contribution is -2.60. The standard InChI is InChI=1S/C56H97N15O17S/c1-30(2)22-40(48(79)61-27-44(73)63-39(18-21-89-7)53(84)71-43(56(87)88)24-32(5)6)69-50(81)36(13-9-11-20-58)64-49(80)35(12-8-10-19-57)65-54(85)41(23-31(3)4)70-52(83)38(15-17-46(76)77)66-51(82)37(14-16-45(74)75)67-55(86)42(25-33-26-60-29-62-33)68-47(78)34(59)28-72/h26,29-32,34-43,72H,8-25,27-28,57-59H2,1-7H3,(H,60,62)(H,61,79)(H,63,73)(H,64,80)(H,65,85)(H,66,82)(H,67,86)(H,68,78)(H,69,81)(H,70,83)(H,71,84)(H,74,75)(H,76,77)(H,87,88)/t34-,35-,36-,37-,38-,39-,40-,41-,42-,43-/m0/s1. The average Bonchev–Trinajstić information content (AvgIpc) is 2.79. The van der Waals surface area contributed by atoms with E-state index in [0.29, 0.717) is 30.7 Å². The quantitative estimate of drug-likeness (QED) is 0.0285. The van der Waals surface area contributed by atoms with Gasteiger partial charge in [-0.1, -0.05) is 41.5 Å². The first-order chi connectivity index (χ1) is 42.0. The summed E-state index contributed by atoms with van der Waals surface area (Å²) in [6.07, 6.45) is 3.25. The Bertz CT molecular complexity index is 2450. The van der Waals surface area contributed by atoms with Gasteiger partial charge >= 0.3 is 17.9 Å². The van der Waals surface area contributed by atoms with Crippen LogP contribution in [0.15, 0.2) is 12.5 Å². The third-order valence-corrected chi connectivity index (χ3v) is 14.2. The molecule has 0 unspecified atom stereocenters. The number of nitrogens with zero attached hydrogens (tertiary/aromatic N) is 1. The summed E-state index contributed by atoms with van der Waals surface area (Å²) in [5.74, 6) is -13.2. The molecule has 0 radical (unpaired) electrons. The molecular weight excluding hydrogens is 1190 g/mol. The number of nitrogens with one attached hydrogen (secondary N) is 11. The molecule has 0 spiro atoms. The predicted molar refractivity (Wildman–Crippen MR) is 326 cm³/mol. The van der Waals surface area contributed by atoms with E-state index in [0.717, 1.165) is 0 Å². The second-order valence-electron chi connectivity index (χ2n) is 22.8. The van der Waals surface area contributed by atoms with E-state index in [1.165, 1.54) is 24.3 Å². The number of unbranched alkanes of at least 4 members (excludes halogenated alkanes) is 2. The number of nitrogens with two attached hydrogens (primary N) is 3. The number of aromatic amines is 1. The van der Waals surface area contributed by atoms with Crippen molar-refractivity contribution >= 4 is 88.7 Å². The topological polar surface area (TPSA) is 530 Å². The van der Waals surface area contributed by atoms with Gasteiger partial charge in [-0.05, 0) is 120 Å². The van der Waals surface area contributed by atoms with Gasteiger partial charge in [0.1, 0.15) is 60.4 Å². The van der Waals surface area contributed by atoms with Crippen LogP contribution in [-0.4, -0.2) is 206 Å². The van der Waals surface area contributed by atoms with Gasteiger partial charge < -0.3 is 95.8 Å². The van der Waals surface area contributed by atoms with Crippen LogP contribution in [0.25, 0.3) is 0 Å². The van der Waals surface area contributed by atoms with E-state index in [1.54, 1.807) is 47.8 Å². The third kappa shape index (κ3) is 33.1. The molecular formula is C56H97N15O17S. The van der Waals surface area contributed by atoms with E-state index in [9.17, 15) is 82.8 Å². The van der Waals surface area contributed by atoms with Gasteiger partial charge in [-0.15, -0.1) is 0 Å². The number of imidazole rings is 1. The molecule has 1 heterocycles. The van der Waals surface area contributed by atoms with Crippen LogP contribution in [0.3, 0.4) is 0 Å². The number of rotatable bonds is 47. The van der Waals surface area contributed by atoms with Crippen molar-refractivity contribution in [1.29, 1.82) is 0 Å². The van der Waals surface area contributed by atoms with Gasteiger partial charge in [-0.2, -0.15) is 11.8 Å². The number of thioether (sulfide) groups is 1. The maximum atomic E-state index is 14.4. The first kappa shape index (κ1) is 79.5. The van der Waals surface area contributed by atoms with Crippen molar-refractivity contribution in [3.05, 3.63) is 18.2 Å². The monoisotopic (exact) mass is 1280 g/mol. The highest BCUT2D eigenvalue weighted by Crippen LogP contribution is 2.14. The number of aliphatic carboxylic acids is 3. The zero-order chi connectivity index (χ0) is 67.3. The normalized spacial score (nSPS) is 14.6. The van der Waals surface area contributed by atoms with Crippen molar-refractivity contribution in [3.63, 3.8) is 0 Å². The molecule has 21 N–H and O–H groups in total. The SMILES string of the molecule is CSCC[C@H](NC(=O)CNC(=O)[C@H](CC(C)C)NC(=O)[C@H](CCCCN)NC(=O)[C@H](CCCCN)NC(=O)[C@H](CC(C)C)NC(=O)[C@H](CCC(=O)O)NC(=O)[C@H](CCC(=O)O)NC(=O)[C@H](Cc1cnc[nH]1)NC(=O)[C@@H](N)CO)C(=O)N[C@@H](CC(C)C)C(=O)O. The Morgan fingerprint density at radius 1 is 0.494 bits per heavy atom. The highest BCUT2D eigenvalue weighted by molar-refractivity contribution is 7.98. The molecule has 33 heteroatoms. The fraction of sp³-hybridized carbons (Fsp3) is 0.714. The van der Waals surface area contributed by atoms with Crippen LogP contribution in [-0.2, 0) is 68.7 Å². The Morgan fingerprint density at radius 2 is 0.865 bits per heavy atom. The van der Waals surface area contributed by atoms with Crippen LogP contribution in [0.2, 0.25) is 0 Å². The van der Waals surface area contributed by atoms with Crippen LogP contribution in [0.1, 0.15) is 137 Å². The Kier molecular flexibility index (Phi) is 38.6.